The van der Waals surface area contributed by atoms with Gasteiger partial charge in [-0.3, -0.25) is 9.48 Å². The number of hydrogen-bond donors (Lipinski definition) is 1. The highest BCUT2D eigenvalue weighted by molar-refractivity contribution is 9.10. The van der Waals surface area contributed by atoms with Crippen molar-refractivity contribution >= 4 is 27.4 Å². The van der Waals surface area contributed by atoms with Gasteiger partial charge in [0.05, 0.1) is 13.3 Å². The molecule has 0 aliphatic carbocycles. The Morgan fingerprint density at radius 2 is 2.22 bits per heavy atom. The van der Waals surface area contributed by atoms with Crippen molar-refractivity contribution in [1.29, 1.82) is 0 Å². The molecule has 94 valence electrons. The second-order valence-electron chi connectivity index (χ2n) is 3.75. The number of hydrogen-bond acceptors (Lipinski definition) is 4. The smallest absolute Gasteiger partial charge is 0.216 e. The summed E-state index contributed by atoms with van der Waals surface area (Å²) >= 11 is 3.30. The first-order chi connectivity index (χ1) is 8.54. The van der Waals surface area contributed by atoms with E-state index in [0.29, 0.717) is 22.7 Å². The van der Waals surface area contributed by atoms with Gasteiger partial charge in [0, 0.05) is 22.8 Å². The molecule has 1 aromatic carbocycles. The van der Waals surface area contributed by atoms with Crippen LogP contribution in [-0.2, 0) is 7.05 Å². The van der Waals surface area contributed by atoms with Crippen LogP contribution >= 0.6 is 15.9 Å². The molecule has 0 saturated carbocycles. The molecule has 0 amide bonds. The molecule has 0 saturated heterocycles. The number of ketones is 1. The number of rotatable bonds is 3. The van der Waals surface area contributed by atoms with Crippen molar-refractivity contribution in [2.75, 3.05) is 12.8 Å². The quantitative estimate of drug-likeness (QED) is 0.695. The summed E-state index contributed by atoms with van der Waals surface area (Å²) in [6.45, 7) is 0. The molecule has 1 heterocycles. The Labute approximate surface area is 113 Å². The van der Waals surface area contributed by atoms with Crippen molar-refractivity contribution in [3.63, 3.8) is 0 Å². The van der Waals surface area contributed by atoms with Crippen LogP contribution in [0.1, 0.15) is 16.1 Å². The molecule has 0 atom stereocenters. The van der Waals surface area contributed by atoms with Crippen LogP contribution in [0.4, 0.5) is 5.69 Å². The van der Waals surface area contributed by atoms with Crippen LogP contribution in [-0.4, -0.2) is 22.7 Å². The number of methoxy groups -OCH3 is 1. The Bertz CT molecular complexity index is 607. The molecule has 0 unspecified atom stereocenters. The zero-order valence-electron chi connectivity index (χ0n) is 9.98. The Morgan fingerprint density at radius 1 is 1.50 bits per heavy atom. The molecule has 0 fully saturated rings. The van der Waals surface area contributed by atoms with Gasteiger partial charge in [0.1, 0.15) is 0 Å². The minimum Gasteiger partial charge on any atom is -0.493 e. The SMILES string of the molecule is COc1cnn(C)c1C(=O)c1ccc(Br)cc1N. The van der Waals surface area contributed by atoms with Gasteiger partial charge in [0.25, 0.3) is 0 Å². The van der Waals surface area contributed by atoms with Crippen LogP contribution in [0, 0.1) is 0 Å². The third kappa shape index (κ3) is 2.11. The molecule has 6 heteroatoms. The van der Waals surface area contributed by atoms with Crippen molar-refractivity contribution in [2.24, 2.45) is 7.05 Å². The fourth-order valence-electron chi connectivity index (χ4n) is 1.69. The topological polar surface area (TPSA) is 70.1 Å². The zero-order valence-corrected chi connectivity index (χ0v) is 11.6. The Kier molecular flexibility index (Phi) is 3.38. The highest BCUT2D eigenvalue weighted by Gasteiger charge is 2.21. The van der Waals surface area contributed by atoms with Gasteiger partial charge in [-0.05, 0) is 18.2 Å². The van der Waals surface area contributed by atoms with E-state index in [1.807, 2.05) is 0 Å². The predicted octanol–water partition coefficient (Wildman–Crippen LogP) is 2.00. The molecular formula is C12H12BrN3O2. The lowest BCUT2D eigenvalue weighted by Crippen LogP contribution is -2.11. The molecule has 0 aliphatic rings. The summed E-state index contributed by atoms with van der Waals surface area (Å²) in [5.74, 6) is 0.224. The van der Waals surface area contributed by atoms with Crippen molar-refractivity contribution in [1.82, 2.24) is 9.78 Å². The minimum atomic E-state index is -0.211. The van der Waals surface area contributed by atoms with Gasteiger partial charge in [0.15, 0.2) is 11.4 Å². The molecule has 0 bridgehead atoms. The number of nitrogens with zero attached hydrogens (tertiary/aromatic N) is 2. The molecule has 0 spiro atoms. The molecule has 5 nitrogen and oxygen atoms in total. The third-order valence-corrected chi connectivity index (χ3v) is 3.09. The monoisotopic (exact) mass is 309 g/mol. The van der Waals surface area contributed by atoms with E-state index in [-0.39, 0.29) is 5.78 Å². The lowest BCUT2D eigenvalue weighted by atomic mass is 10.1. The number of ether oxygens (including phenoxy) is 1. The largest absolute Gasteiger partial charge is 0.493 e. The van der Waals surface area contributed by atoms with E-state index in [2.05, 4.69) is 21.0 Å². The average Bonchev–Trinajstić information content (AvgIpc) is 2.69. The molecular weight excluding hydrogens is 298 g/mol. The summed E-state index contributed by atoms with van der Waals surface area (Å²) in [7, 11) is 3.18. The maximum Gasteiger partial charge on any atom is 0.216 e. The Balaban J connectivity index is 2.51. The van der Waals surface area contributed by atoms with E-state index < -0.39 is 0 Å². The Morgan fingerprint density at radius 3 is 2.83 bits per heavy atom. The maximum absolute atomic E-state index is 12.4. The first kappa shape index (κ1) is 12.6. The minimum absolute atomic E-state index is 0.211. The number of aromatic nitrogens is 2. The van der Waals surface area contributed by atoms with Gasteiger partial charge in [0.2, 0.25) is 5.78 Å². The lowest BCUT2D eigenvalue weighted by molar-refractivity contribution is 0.102. The zero-order chi connectivity index (χ0) is 13.3. The summed E-state index contributed by atoms with van der Waals surface area (Å²) in [5, 5.41) is 4.00. The number of nitrogens with two attached hydrogens (primary N) is 1. The highest BCUT2D eigenvalue weighted by Crippen LogP contribution is 2.25. The van der Waals surface area contributed by atoms with Crippen molar-refractivity contribution in [2.45, 2.75) is 0 Å². The maximum atomic E-state index is 12.4. The molecule has 2 aromatic rings. The van der Waals surface area contributed by atoms with Crippen molar-refractivity contribution < 1.29 is 9.53 Å². The average molecular weight is 310 g/mol. The molecule has 2 rings (SSSR count). The van der Waals surface area contributed by atoms with E-state index in [1.54, 1.807) is 25.2 Å². The summed E-state index contributed by atoms with van der Waals surface area (Å²) in [6.07, 6.45) is 1.50. The third-order valence-electron chi connectivity index (χ3n) is 2.60. The predicted molar refractivity (Wildman–Crippen MR) is 71.7 cm³/mol. The van der Waals surface area contributed by atoms with Gasteiger partial charge in [-0.15, -0.1) is 0 Å². The summed E-state index contributed by atoms with van der Waals surface area (Å²) < 4.78 is 7.42. The van der Waals surface area contributed by atoms with Crippen LogP contribution in [0.5, 0.6) is 5.75 Å². The number of benzene rings is 1. The number of carbonyl (C=O) groups is 1. The first-order valence-corrected chi connectivity index (χ1v) is 5.99. The standard InChI is InChI=1S/C12H12BrN3O2/c1-16-11(10(18-2)6-15-16)12(17)8-4-3-7(13)5-9(8)14/h3-6H,14H2,1-2H3. The van der Waals surface area contributed by atoms with Crippen LogP contribution in [0.15, 0.2) is 28.9 Å². The molecule has 1 aromatic heterocycles. The first-order valence-electron chi connectivity index (χ1n) is 5.20. The number of aryl methyl sites for hydroxylation is 1. The summed E-state index contributed by atoms with van der Waals surface area (Å²) in [5.41, 5.74) is 7.07. The Hall–Kier alpha value is -1.82. The summed E-state index contributed by atoms with van der Waals surface area (Å²) in [4.78, 5) is 12.4. The van der Waals surface area contributed by atoms with Crippen molar-refractivity contribution in [3.8, 4) is 5.75 Å². The van der Waals surface area contributed by atoms with Gasteiger partial charge in [-0.25, -0.2) is 0 Å². The number of halogens is 1. The molecule has 0 aliphatic heterocycles. The van der Waals surface area contributed by atoms with Crippen LogP contribution in [0.3, 0.4) is 0 Å². The fraction of sp³-hybridized carbons (Fsp3) is 0.167. The van der Waals surface area contributed by atoms with Crippen molar-refractivity contribution in [3.05, 3.63) is 40.1 Å². The molecule has 0 radical (unpaired) electrons. The second-order valence-corrected chi connectivity index (χ2v) is 4.66. The number of nitrogen functional groups attached to an aromatic ring is 1. The van der Waals surface area contributed by atoms with E-state index in [0.717, 1.165) is 4.47 Å². The number of anilines is 1. The van der Waals surface area contributed by atoms with Gasteiger partial charge < -0.3 is 10.5 Å². The van der Waals surface area contributed by atoms with Crippen LogP contribution in [0.2, 0.25) is 0 Å². The van der Waals surface area contributed by atoms with Gasteiger partial charge in [-0.2, -0.15) is 5.10 Å². The summed E-state index contributed by atoms with van der Waals surface area (Å²) in [6, 6.07) is 5.14. The fourth-order valence-corrected chi connectivity index (χ4v) is 2.07. The normalized spacial score (nSPS) is 10.4. The molecule has 2 N–H and O–H groups in total. The second kappa shape index (κ2) is 4.81. The van der Waals surface area contributed by atoms with Crippen LogP contribution in [0.25, 0.3) is 0 Å². The van der Waals surface area contributed by atoms with E-state index in [9.17, 15) is 4.79 Å². The lowest BCUT2D eigenvalue weighted by Gasteiger charge is -2.07. The van der Waals surface area contributed by atoms with E-state index >= 15 is 0 Å². The number of carbonyl (C=O) groups excluding carboxylic acids is 1. The molecule has 18 heavy (non-hydrogen) atoms. The van der Waals surface area contributed by atoms with E-state index in [1.165, 1.54) is 18.0 Å². The van der Waals surface area contributed by atoms with Crippen LogP contribution < -0.4 is 10.5 Å². The van der Waals surface area contributed by atoms with E-state index in [4.69, 9.17) is 10.5 Å². The van der Waals surface area contributed by atoms with Gasteiger partial charge >= 0.3 is 0 Å². The van der Waals surface area contributed by atoms with Gasteiger partial charge in [-0.1, -0.05) is 15.9 Å². The highest BCUT2D eigenvalue weighted by atomic mass is 79.9.